The number of anilines is 1. The lowest BCUT2D eigenvalue weighted by atomic mass is 10.0. The molecule has 0 amide bonds. The maximum absolute atomic E-state index is 13.4. The Hall–Kier alpha value is -4.25. The van der Waals surface area contributed by atoms with E-state index in [0.29, 0.717) is 11.4 Å². The number of hydrogen-bond acceptors (Lipinski definition) is 3. The van der Waals surface area contributed by atoms with Gasteiger partial charge in [0.25, 0.3) is 0 Å². The summed E-state index contributed by atoms with van der Waals surface area (Å²) in [6, 6.07) is 25.8. The highest BCUT2D eigenvalue weighted by atomic mass is 19.1. The minimum absolute atomic E-state index is 0.266. The second kappa shape index (κ2) is 7.54. The van der Waals surface area contributed by atoms with E-state index < -0.39 is 0 Å². The van der Waals surface area contributed by atoms with Crippen molar-refractivity contribution in [2.24, 2.45) is 0 Å². The Morgan fingerprint density at radius 1 is 0.871 bits per heavy atom. The molecule has 0 aliphatic rings. The third kappa shape index (κ3) is 3.36. The van der Waals surface area contributed by atoms with Gasteiger partial charge in [0, 0.05) is 28.4 Å². The molecule has 4 nitrogen and oxygen atoms in total. The van der Waals surface area contributed by atoms with Gasteiger partial charge in [-0.25, -0.2) is 9.37 Å². The van der Waals surface area contributed by atoms with Gasteiger partial charge in [0.15, 0.2) is 0 Å². The quantitative estimate of drug-likeness (QED) is 0.378. The van der Waals surface area contributed by atoms with Crippen LogP contribution in [0.3, 0.4) is 0 Å². The number of aldehydes is 1. The number of pyridine rings is 1. The molecule has 0 radical (unpaired) electrons. The van der Waals surface area contributed by atoms with E-state index in [9.17, 15) is 9.18 Å². The van der Waals surface area contributed by atoms with Gasteiger partial charge in [-0.1, -0.05) is 24.3 Å². The zero-order valence-corrected chi connectivity index (χ0v) is 16.5. The molecule has 5 heteroatoms. The molecule has 0 aliphatic carbocycles. The van der Waals surface area contributed by atoms with Gasteiger partial charge in [0.1, 0.15) is 17.9 Å². The molecular formula is C26H18FN3O. The van der Waals surface area contributed by atoms with Crippen molar-refractivity contribution >= 4 is 23.0 Å². The van der Waals surface area contributed by atoms with Crippen molar-refractivity contribution < 1.29 is 9.18 Å². The fourth-order valence-corrected chi connectivity index (χ4v) is 3.84. The predicted molar refractivity (Wildman–Crippen MR) is 122 cm³/mol. The summed E-state index contributed by atoms with van der Waals surface area (Å²) in [7, 11) is 0. The third-order valence-corrected chi connectivity index (χ3v) is 5.38. The minimum atomic E-state index is -0.266. The molecule has 2 heterocycles. The fourth-order valence-electron chi connectivity index (χ4n) is 3.84. The first-order chi connectivity index (χ1) is 15.1. The van der Waals surface area contributed by atoms with Gasteiger partial charge < -0.3 is 10.3 Å². The number of nitrogen functional groups attached to an aromatic ring is 1. The molecule has 31 heavy (non-hydrogen) atoms. The van der Waals surface area contributed by atoms with Crippen LogP contribution in [0.15, 0.2) is 91.1 Å². The van der Waals surface area contributed by atoms with Crippen molar-refractivity contribution in [3.63, 3.8) is 0 Å². The molecule has 0 aliphatic heterocycles. The van der Waals surface area contributed by atoms with Crippen LogP contribution in [-0.4, -0.2) is 15.8 Å². The highest BCUT2D eigenvalue weighted by Gasteiger charge is 2.16. The molecule has 3 aromatic carbocycles. The molecule has 0 fully saturated rings. The first kappa shape index (κ1) is 18.8. The van der Waals surface area contributed by atoms with Gasteiger partial charge in [0.2, 0.25) is 0 Å². The van der Waals surface area contributed by atoms with Crippen LogP contribution < -0.4 is 5.73 Å². The van der Waals surface area contributed by atoms with E-state index in [4.69, 9.17) is 5.73 Å². The van der Waals surface area contributed by atoms with E-state index in [1.807, 2.05) is 36.4 Å². The summed E-state index contributed by atoms with van der Waals surface area (Å²) in [6.45, 7) is 0. The van der Waals surface area contributed by atoms with Gasteiger partial charge in [0.05, 0.1) is 11.2 Å². The Labute approximate surface area is 178 Å². The average molecular weight is 407 g/mol. The van der Waals surface area contributed by atoms with Crippen molar-refractivity contribution in [1.82, 2.24) is 9.55 Å². The number of benzene rings is 3. The standard InChI is InChI=1S/C26H18FN3O/c27-21-9-7-18(8-10-21)19-5-6-20-15-25(23-2-1-13-29-26(23)28)30(24(20)14-19)22-11-3-17(16-31)4-12-22/h1-16H,(H2,28,29). The number of aromatic nitrogens is 2. The summed E-state index contributed by atoms with van der Waals surface area (Å²) < 4.78 is 15.5. The monoisotopic (exact) mass is 407 g/mol. The van der Waals surface area contributed by atoms with Gasteiger partial charge in [-0.2, -0.15) is 0 Å². The van der Waals surface area contributed by atoms with Gasteiger partial charge in [-0.15, -0.1) is 0 Å². The first-order valence-corrected chi connectivity index (χ1v) is 9.82. The second-order valence-electron chi connectivity index (χ2n) is 7.29. The summed E-state index contributed by atoms with van der Waals surface area (Å²) in [5, 5.41) is 1.03. The topological polar surface area (TPSA) is 60.9 Å². The van der Waals surface area contributed by atoms with E-state index >= 15 is 0 Å². The first-order valence-electron chi connectivity index (χ1n) is 9.82. The summed E-state index contributed by atoms with van der Waals surface area (Å²) in [5.74, 6) is 0.174. The zero-order chi connectivity index (χ0) is 21.4. The van der Waals surface area contributed by atoms with Crippen molar-refractivity contribution in [1.29, 1.82) is 0 Å². The van der Waals surface area contributed by atoms with Crippen LogP contribution >= 0.6 is 0 Å². The summed E-state index contributed by atoms with van der Waals surface area (Å²) in [4.78, 5) is 15.4. The molecular weight excluding hydrogens is 389 g/mol. The van der Waals surface area contributed by atoms with Crippen molar-refractivity contribution in [3.8, 4) is 28.1 Å². The molecule has 0 saturated carbocycles. The highest BCUT2D eigenvalue weighted by molar-refractivity contribution is 5.93. The normalized spacial score (nSPS) is 11.0. The lowest BCUT2D eigenvalue weighted by Gasteiger charge is -2.13. The Kier molecular flexibility index (Phi) is 4.56. The SMILES string of the molecule is Nc1ncccc1-c1cc2ccc(-c3ccc(F)cc3)cc2n1-c1ccc(C=O)cc1. The van der Waals surface area contributed by atoms with Crippen LogP contribution in [-0.2, 0) is 0 Å². The summed E-state index contributed by atoms with van der Waals surface area (Å²) in [5.41, 5.74) is 12.3. The van der Waals surface area contributed by atoms with E-state index in [0.717, 1.165) is 45.3 Å². The zero-order valence-electron chi connectivity index (χ0n) is 16.5. The van der Waals surface area contributed by atoms with Crippen LogP contribution in [0, 0.1) is 5.82 Å². The molecule has 5 aromatic rings. The highest BCUT2D eigenvalue weighted by Crippen LogP contribution is 2.35. The smallest absolute Gasteiger partial charge is 0.150 e. The number of rotatable bonds is 4. The summed E-state index contributed by atoms with van der Waals surface area (Å²) >= 11 is 0. The Morgan fingerprint density at radius 2 is 1.61 bits per heavy atom. The Balaban J connectivity index is 1.78. The molecule has 5 rings (SSSR count). The number of carbonyl (C=O) groups is 1. The minimum Gasteiger partial charge on any atom is -0.383 e. The van der Waals surface area contributed by atoms with Crippen molar-refractivity contribution in [2.45, 2.75) is 0 Å². The van der Waals surface area contributed by atoms with Crippen LogP contribution in [0.1, 0.15) is 10.4 Å². The molecule has 2 aromatic heterocycles. The van der Waals surface area contributed by atoms with E-state index in [-0.39, 0.29) is 5.82 Å². The molecule has 0 saturated heterocycles. The number of hydrogen-bond donors (Lipinski definition) is 1. The number of halogens is 1. The van der Waals surface area contributed by atoms with Crippen LogP contribution in [0.5, 0.6) is 0 Å². The van der Waals surface area contributed by atoms with E-state index in [2.05, 4.69) is 21.7 Å². The fraction of sp³-hybridized carbons (Fsp3) is 0. The Morgan fingerprint density at radius 3 is 2.32 bits per heavy atom. The summed E-state index contributed by atoms with van der Waals surface area (Å²) in [6.07, 6.45) is 2.49. The molecule has 0 spiro atoms. The van der Waals surface area contributed by atoms with E-state index in [1.54, 1.807) is 30.5 Å². The number of nitrogens with zero attached hydrogens (tertiary/aromatic N) is 2. The number of carbonyl (C=O) groups excluding carboxylic acids is 1. The average Bonchev–Trinajstić information content (AvgIpc) is 3.18. The molecule has 0 unspecified atom stereocenters. The largest absolute Gasteiger partial charge is 0.383 e. The Bertz CT molecular complexity index is 1400. The van der Waals surface area contributed by atoms with Crippen molar-refractivity contribution in [3.05, 3.63) is 103 Å². The molecule has 0 atom stereocenters. The van der Waals surface area contributed by atoms with Gasteiger partial charge in [-0.05, 0) is 71.8 Å². The number of nitrogens with two attached hydrogens (primary N) is 1. The van der Waals surface area contributed by atoms with Crippen LogP contribution in [0.4, 0.5) is 10.2 Å². The van der Waals surface area contributed by atoms with Crippen LogP contribution in [0.2, 0.25) is 0 Å². The third-order valence-electron chi connectivity index (χ3n) is 5.38. The molecule has 0 bridgehead atoms. The molecule has 150 valence electrons. The maximum Gasteiger partial charge on any atom is 0.150 e. The van der Waals surface area contributed by atoms with E-state index in [1.165, 1.54) is 12.1 Å². The lowest BCUT2D eigenvalue weighted by Crippen LogP contribution is -2.00. The van der Waals surface area contributed by atoms with Gasteiger partial charge >= 0.3 is 0 Å². The van der Waals surface area contributed by atoms with Crippen LogP contribution in [0.25, 0.3) is 39.0 Å². The number of fused-ring (bicyclic) bond motifs is 1. The molecule has 2 N–H and O–H groups in total. The van der Waals surface area contributed by atoms with Crippen molar-refractivity contribution in [2.75, 3.05) is 5.73 Å². The predicted octanol–water partition coefficient (Wildman–Crippen LogP) is 5.89. The maximum atomic E-state index is 13.4. The van der Waals surface area contributed by atoms with Gasteiger partial charge in [-0.3, -0.25) is 4.79 Å². The second-order valence-corrected chi connectivity index (χ2v) is 7.29. The lowest BCUT2D eigenvalue weighted by molar-refractivity contribution is 0.112.